The molecule has 25 heavy (non-hydrogen) atoms. The fourth-order valence-electron chi connectivity index (χ4n) is 2.57. The molecule has 0 saturated carbocycles. The van der Waals surface area contributed by atoms with Gasteiger partial charge in [-0.25, -0.2) is 9.37 Å². The summed E-state index contributed by atoms with van der Waals surface area (Å²) >= 11 is 1.63. The zero-order valence-electron chi connectivity index (χ0n) is 13.6. The highest BCUT2D eigenvalue weighted by Gasteiger charge is 2.20. The molecule has 1 unspecified atom stereocenters. The molecule has 1 saturated heterocycles. The number of nitrogens with two attached hydrogens (primary N) is 1. The molecule has 0 spiro atoms. The number of guanidine groups is 1. The summed E-state index contributed by atoms with van der Waals surface area (Å²) in [4.78, 5) is 12.8. The maximum atomic E-state index is 12.9. The largest absolute Gasteiger partial charge is 0.386 e. The number of rotatable bonds is 4. The van der Waals surface area contributed by atoms with Crippen LogP contribution in [0, 0.1) is 5.82 Å². The van der Waals surface area contributed by atoms with E-state index in [1.165, 1.54) is 12.1 Å². The molecular formula is C16H21FIN5OS. The zero-order valence-corrected chi connectivity index (χ0v) is 16.7. The number of aromatic nitrogens is 1. The van der Waals surface area contributed by atoms with Crippen molar-refractivity contribution in [1.29, 1.82) is 0 Å². The molecule has 3 rings (SSSR count). The van der Waals surface area contributed by atoms with E-state index >= 15 is 0 Å². The van der Waals surface area contributed by atoms with Crippen LogP contribution in [0.25, 0.3) is 0 Å². The van der Waals surface area contributed by atoms with Gasteiger partial charge in [-0.3, -0.25) is 4.99 Å². The second-order valence-corrected chi connectivity index (χ2v) is 6.43. The van der Waals surface area contributed by atoms with Crippen molar-refractivity contribution >= 4 is 46.4 Å². The Balaban J connectivity index is 0.00000225. The first kappa shape index (κ1) is 19.9. The van der Waals surface area contributed by atoms with Crippen LogP contribution in [0.5, 0.6) is 0 Å². The minimum Gasteiger partial charge on any atom is -0.386 e. The van der Waals surface area contributed by atoms with Crippen LogP contribution in [-0.4, -0.2) is 53.7 Å². The topological polar surface area (TPSA) is 78.0 Å². The predicted molar refractivity (Wildman–Crippen MR) is 109 cm³/mol. The molecule has 1 aliphatic heterocycles. The quantitative estimate of drug-likeness (QED) is 0.401. The van der Waals surface area contributed by atoms with Gasteiger partial charge in [-0.05, 0) is 17.7 Å². The Morgan fingerprint density at radius 2 is 1.96 bits per heavy atom. The summed E-state index contributed by atoms with van der Waals surface area (Å²) < 4.78 is 12.9. The lowest BCUT2D eigenvalue weighted by atomic mass is 10.1. The second kappa shape index (κ2) is 9.30. The first-order valence-electron chi connectivity index (χ1n) is 7.76. The molecule has 1 aromatic carbocycles. The van der Waals surface area contributed by atoms with Gasteiger partial charge in [0.05, 0.1) is 12.6 Å². The summed E-state index contributed by atoms with van der Waals surface area (Å²) in [5.74, 6) is 0.0991. The molecule has 1 atom stereocenters. The van der Waals surface area contributed by atoms with E-state index in [9.17, 15) is 9.50 Å². The molecule has 0 radical (unpaired) electrons. The molecule has 0 amide bonds. The Bertz CT molecular complexity index is 674. The lowest BCUT2D eigenvalue weighted by Gasteiger charge is -2.35. The Morgan fingerprint density at radius 3 is 2.56 bits per heavy atom. The molecule has 6 nitrogen and oxygen atoms in total. The number of aliphatic hydroxyl groups excluding tert-OH is 1. The third-order valence-corrected chi connectivity index (χ3v) is 4.81. The Kier molecular flexibility index (Phi) is 7.38. The summed E-state index contributed by atoms with van der Waals surface area (Å²) in [6.45, 7) is 3.36. The van der Waals surface area contributed by atoms with Gasteiger partial charge < -0.3 is 20.6 Å². The standard InChI is InChI=1S/C16H20FN5OS.HI/c17-13-3-1-12(2-4-13)14(23)11-20-15(18)21-6-8-22(9-7-21)16-19-5-10-24-16;/h1-5,10,14,23H,6-9,11H2,(H2,18,20);1H. The molecule has 9 heteroatoms. The number of benzene rings is 1. The van der Waals surface area contributed by atoms with Crippen LogP contribution in [0.4, 0.5) is 9.52 Å². The molecule has 1 aliphatic rings. The van der Waals surface area contributed by atoms with Gasteiger partial charge in [0.15, 0.2) is 11.1 Å². The van der Waals surface area contributed by atoms with E-state index in [4.69, 9.17) is 5.73 Å². The Labute approximate surface area is 167 Å². The number of nitrogens with zero attached hydrogens (tertiary/aromatic N) is 4. The molecule has 1 fully saturated rings. The second-order valence-electron chi connectivity index (χ2n) is 5.56. The van der Waals surface area contributed by atoms with Crippen molar-refractivity contribution in [3.8, 4) is 0 Å². The van der Waals surface area contributed by atoms with Crippen LogP contribution in [-0.2, 0) is 0 Å². The molecular weight excluding hydrogens is 456 g/mol. The van der Waals surface area contributed by atoms with Crippen molar-refractivity contribution < 1.29 is 9.50 Å². The van der Waals surface area contributed by atoms with Crippen molar-refractivity contribution in [3.05, 3.63) is 47.2 Å². The van der Waals surface area contributed by atoms with E-state index in [1.807, 2.05) is 10.3 Å². The van der Waals surface area contributed by atoms with E-state index in [0.717, 1.165) is 31.3 Å². The average Bonchev–Trinajstić information content (AvgIpc) is 3.15. The van der Waals surface area contributed by atoms with Crippen molar-refractivity contribution in [3.63, 3.8) is 0 Å². The number of hydrogen-bond donors (Lipinski definition) is 2. The first-order valence-corrected chi connectivity index (χ1v) is 8.64. The average molecular weight is 477 g/mol. The Morgan fingerprint density at radius 1 is 1.28 bits per heavy atom. The number of aliphatic imine (C=N–C) groups is 1. The number of halogens is 2. The highest BCUT2D eigenvalue weighted by Crippen LogP contribution is 2.19. The van der Waals surface area contributed by atoms with Crippen LogP contribution in [0.1, 0.15) is 11.7 Å². The number of aliphatic hydroxyl groups is 1. The van der Waals surface area contributed by atoms with Crippen LogP contribution in [0.2, 0.25) is 0 Å². The van der Waals surface area contributed by atoms with E-state index in [1.54, 1.807) is 29.7 Å². The maximum absolute atomic E-state index is 12.9. The SMILES string of the molecule is I.NC(=NCC(O)c1ccc(F)cc1)N1CCN(c2nccs2)CC1. The van der Waals surface area contributed by atoms with Gasteiger partial charge >= 0.3 is 0 Å². The van der Waals surface area contributed by atoms with Gasteiger partial charge in [0, 0.05) is 37.8 Å². The van der Waals surface area contributed by atoms with Crippen LogP contribution >= 0.6 is 35.3 Å². The van der Waals surface area contributed by atoms with Crippen molar-refractivity contribution in [2.24, 2.45) is 10.7 Å². The third-order valence-electron chi connectivity index (χ3n) is 3.97. The minimum absolute atomic E-state index is 0. The van der Waals surface area contributed by atoms with Crippen molar-refractivity contribution in [2.45, 2.75) is 6.10 Å². The van der Waals surface area contributed by atoms with E-state index in [0.29, 0.717) is 11.5 Å². The molecule has 0 bridgehead atoms. The van der Waals surface area contributed by atoms with Gasteiger partial charge in [0.25, 0.3) is 0 Å². The van der Waals surface area contributed by atoms with E-state index in [-0.39, 0.29) is 36.3 Å². The summed E-state index contributed by atoms with van der Waals surface area (Å²) in [6, 6.07) is 5.75. The number of hydrogen-bond acceptors (Lipinski definition) is 5. The van der Waals surface area contributed by atoms with Gasteiger partial charge in [-0.2, -0.15) is 0 Å². The van der Waals surface area contributed by atoms with Gasteiger partial charge in [-0.1, -0.05) is 12.1 Å². The van der Waals surface area contributed by atoms with Gasteiger partial charge in [-0.15, -0.1) is 35.3 Å². The highest BCUT2D eigenvalue weighted by molar-refractivity contribution is 14.0. The van der Waals surface area contributed by atoms with Crippen molar-refractivity contribution in [1.82, 2.24) is 9.88 Å². The normalized spacial score (nSPS) is 16.5. The molecule has 1 aromatic heterocycles. The minimum atomic E-state index is -0.791. The smallest absolute Gasteiger partial charge is 0.191 e. The maximum Gasteiger partial charge on any atom is 0.191 e. The molecule has 2 heterocycles. The number of thiazole rings is 1. The lowest BCUT2D eigenvalue weighted by molar-refractivity contribution is 0.186. The predicted octanol–water partition coefficient (Wildman–Crippen LogP) is 2.07. The first-order chi connectivity index (χ1) is 11.6. The van der Waals surface area contributed by atoms with E-state index < -0.39 is 6.10 Å². The fourth-order valence-corrected chi connectivity index (χ4v) is 3.27. The molecule has 2 aromatic rings. The lowest BCUT2D eigenvalue weighted by Crippen LogP contribution is -2.51. The summed E-state index contributed by atoms with van der Waals surface area (Å²) in [7, 11) is 0. The van der Waals surface area contributed by atoms with Crippen LogP contribution in [0.15, 0.2) is 40.8 Å². The van der Waals surface area contributed by atoms with Crippen LogP contribution in [0.3, 0.4) is 0 Å². The summed E-state index contributed by atoms with van der Waals surface area (Å²) in [5, 5.41) is 13.1. The van der Waals surface area contributed by atoms with Gasteiger partial charge in [0.1, 0.15) is 5.82 Å². The fraction of sp³-hybridized carbons (Fsp3) is 0.375. The number of anilines is 1. The molecule has 136 valence electrons. The third kappa shape index (κ3) is 5.25. The van der Waals surface area contributed by atoms with Crippen molar-refractivity contribution in [2.75, 3.05) is 37.6 Å². The van der Waals surface area contributed by atoms with Gasteiger partial charge in [0.2, 0.25) is 0 Å². The zero-order chi connectivity index (χ0) is 16.9. The highest BCUT2D eigenvalue weighted by atomic mass is 127. The summed E-state index contributed by atoms with van der Waals surface area (Å²) in [6.07, 6.45) is 1.01. The molecule has 0 aliphatic carbocycles. The molecule has 3 N–H and O–H groups in total. The van der Waals surface area contributed by atoms with Crippen LogP contribution < -0.4 is 10.6 Å². The van der Waals surface area contributed by atoms with E-state index in [2.05, 4.69) is 14.9 Å². The summed E-state index contributed by atoms with van der Waals surface area (Å²) in [5.41, 5.74) is 6.66. The number of piperazine rings is 1. The monoisotopic (exact) mass is 477 g/mol. The Hall–Kier alpha value is -1.46.